The number of nitrogens with zero attached hydrogens (tertiary/aromatic N) is 2. The number of hydrogen-bond acceptors (Lipinski definition) is 5. The first-order valence-corrected chi connectivity index (χ1v) is 8.29. The molecule has 0 bridgehead atoms. The van der Waals surface area contributed by atoms with Crippen LogP contribution in [0, 0.1) is 6.92 Å². The number of ether oxygens (including phenoxy) is 1. The van der Waals surface area contributed by atoms with Gasteiger partial charge in [-0.3, -0.25) is 19.0 Å². The van der Waals surface area contributed by atoms with E-state index in [9.17, 15) is 14.4 Å². The van der Waals surface area contributed by atoms with Crippen molar-refractivity contribution < 1.29 is 14.3 Å². The third-order valence-electron chi connectivity index (χ3n) is 4.09. The molecule has 26 heavy (non-hydrogen) atoms. The van der Waals surface area contributed by atoms with Crippen molar-refractivity contribution in [3.63, 3.8) is 0 Å². The van der Waals surface area contributed by atoms with Crippen LogP contribution in [0.2, 0.25) is 0 Å². The first-order valence-electron chi connectivity index (χ1n) is 8.29. The number of hydrogen-bond donors (Lipinski definition) is 2. The highest BCUT2D eigenvalue weighted by molar-refractivity contribution is 5.94. The molecular weight excluding hydrogens is 336 g/mol. The Bertz CT molecular complexity index is 902. The SMILES string of the molecule is COc1ccccc1NC(=O)Cn1c(C)ncc(C(=O)NC2CC2)c1=O. The van der Waals surface area contributed by atoms with Crippen molar-refractivity contribution in [1.82, 2.24) is 14.9 Å². The van der Waals surface area contributed by atoms with Crippen molar-refractivity contribution >= 4 is 17.5 Å². The standard InChI is InChI=1S/C18H20N4O4/c1-11-19-9-13(17(24)20-12-7-8-12)18(25)22(11)10-16(23)21-14-5-3-4-6-15(14)26-2/h3-6,9,12H,7-8,10H2,1-2H3,(H,20,24)(H,21,23). The van der Waals surface area contributed by atoms with Crippen molar-refractivity contribution in [2.75, 3.05) is 12.4 Å². The molecule has 136 valence electrons. The summed E-state index contributed by atoms with van der Waals surface area (Å²) in [5.74, 6) is -0.00103. The molecule has 2 amide bonds. The fraction of sp³-hybridized carbons (Fsp3) is 0.333. The second kappa shape index (κ2) is 7.38. The lowest BCUT2D eigenvalue weighted by Crippen LogP contribution is -2.37. The van der Waals surface area contributed by atoms with Crippen molar-refractivity contribution in [3.8, 4) is 5.75 Å². The van der Waals surface area contributed by atoms with Crippen LogP contribution in [0.1, 0.15) is 29.0 Å². The zero-order chi connectivity index (χ0) is 18.7. The van der Waals surface area contributed by atoms with E-state index in [0.29, 0.717) is 17.3 Å². The van der Waals surface area contributed by atoms with E-state index in [2.05, 4.69) is 15.6 Å². The quantitative estimate of drug-likeness (QED) is 0.807. The number of aryl methyl sites for hydroxylation is 1. The van der Waals surface area contributed by atoms with Crippen LogP contribution in [-0.4, -0.2) is 34.5 Å². The summed E-state index contributed by atoms with van der Waals surface area (Å²) in [5.41, 5.74) is -0.0975. The summed E-state index contributed by atoms with van der Waals surface area (Å²) in [7, 11) is 1.51. The van der Waals surface area contributed by atoms with Crippen molar-refractivity contribution in [2.24, 2.45) is 0 Å². The molecule has 0 spiro atoms. The molecule has 8 nitrogen and oxygen atoms in total. The Kier molecular flexibility index (Phi) is 5.01. The number of aromatic nitrogens is 2. The second-order valence-corrected chi connectivity index (χ2v) is 6.11. The molecule has 0 unspecified atom stereocenters. The predicted molar refractivity (Wildman–Crippen MR) is 95.3 cm³/mol. The van der Waals surface area contributed by atoms with E-state index in [4.69, 9.17) is 4.74 Å². The van der Waals surface area contributed by atoms with E-state index in [1.165, 1.54) is 17.9 Å². The molecule has 0 aliphatic heterocycles. The summed E-state index contributed by atoms with van der Waals surface area (Å²) in [5, 5.41) is 5.46. The van der Waals surface area contributed by atoms with Crippen LogP contribution in [-0.2, 0) is 11.3 Å². The smallest absolute Gasteiger partial charge is 0.266 e. The van der Waals surface area contributed by atoms with Gasteiger partial charge in [-0.1, -0.05) is 12.1 Å². The molecular formula is C18H20N4O4. The molecule has 1 aromatic carbocycles. The highest BCUT2D eigenvalue weighted by Gasteiger charge is 2.26. The van der Waals surface area contributed by atoms with Crippen molar-refractivity contribution in [2.45, 2.75) is 32.4 Å². The molecule has 0 radical (unpaired) electrons. The van der Waals surface area contributed by atoms with E-state index in [0.717, 1.165) is 12.8 Å². The van der Waals surface area contributed by atoms with Crippen LogP contribution in [0.4, 0.5) is 5.69 Å². The van der Waals surface area contributed by atoms with Crippen LogP contribution in [0.15, 0.2) is 35.3 Å². The van der Waals surface area contributed by atoms with Crippen LogP contribution in [0.25, 0.3) is 0 Å². The number of para-hydroxylation sites is 2. The Morgan fingerprint density at radius 1 is 1.31 bits per heavy atom. The highest BCUT2D eigenvalue weighted by atomic mass is 16.5. The first-order chi connectivity index (χ1) is 12.5. The molecule has 1 saturated carbocycles. The Morgan fingerprint density at radius 3 is 2.73 bits per heavy atom. The Morgan fingerprint density at radius 2 is 2.04 bits per heavy atom. The minimum absolute atomic E-state index is 0.0624. The number of nitrogens with one attached hydrogen (secondary N) is 2. The summed E-state index contributed by atoms with van der Waals surface area (Å²) in [6, 6.07) is 7.10. The summed E-state index contributed by atoms with van der Waals surface area (Å²) in [6.07, 6.45) is 3.09. The number of carbonyl (C=O) groups excluding carboxylic acids is 2. The molecule has 1 aromatic heterocycles. The Hall–Kier alpha value is -3.16. The van der Waals surface area contributed by atoms with Gasteiger partial charge in [0.1, 0.15) is 23.7 Å². The lowest BCUT2D eigenvalue weighted by molar-refractivity contribution is -0.116. The zero-order valence-corrected chi connectivity index (χ0v) is 14.6. The van der Waals surface area contributed by atoms with E-state index in [1.54, 1.807) is 31.2 Å². The number of amides is 2. The third-order valence-corrected chi connectivity index (χ3v) is 4.09. The Labute approximate surface area is 150 Å². The van der Waals surface area contributed by atoms with Gasteiger partial charge in [-0.2, -0.15) is 0 Å². The average Bonchev–Trinajstić information content (AvgIpc) is 3.43. The molecule has 3 rings (SSSR count). The minimum atomic E-state index is -0.536. The number of methoxy groups -OCH3 is 1. The molecule has 8 heteroatoms. The molecule has 2 aromatic rings. The van der Waals surface area contributed by atoms with E-state index in [-0.39, 0.29) is 18.2 Å². The molecule has 1 fully saturated rings. The van der Waals surface area contributed by atoms with Crippen LogP contribution in [0.3, 0.4) is 0 Å². The average molecular weight is 356 g/mol. The first kappa shape index (κ1) is 17.7. The predicted octanol–water partition coefficient (Wildman–Crippen LogP) is 1.09. The molecule has 1 heterocycles. The molecule has 1 aliphatic carbocycles. The largest absolute Gasteiger partial charge is 0.495 e. The summed E-state index contributed by atoms with van der Waals surface area (Å²) >= 11 is 0. The molecule has 0 atom stereocenters. The zero-order valence-electron chi connectivity index (χ0n) is 14.6. The topological polar surface area (TPSA) is 102 Å². The van der Waals surface area contributed by atoms with Gasteiger partial charge in [-0.25, -0.2) is 4.98 Å². The number of carbonyl (C=O) groups is 2. The van der Waals surface area contributed by atoms with Gasteiger partial charge >= 0.3 is 0 Å². The van der Waals surface area contributed by atoms with Crippen LogP contribution >= 0.6 is 0 Å². The van der Waals surface area contributed by atoms with E-state index in [1.807, 2.05) is 0 Å². The number of benzene rings is 1. The lowest BCUT2D eigenvalue weighted by Gasteiger charge is -2.13. The van der Waals surface area contributed by atoms with Gasteiger partial charge in [-0.15, -0.1) is 0 Å². The maximum atomic E-state index is 12.6. The van der Waals surface area contributed by atoms with Gasteiger partial charge in [0.25, 0.3) is 11.5 Å². The second-order valence-electron chi connectivity index (χ2n) is 6.11. The highest BCUT2D eigenvalue weighted by Crippen LogP contribution is 2.23. The van der Waals surface area contributed by atoms with Gasteiger partial charge in [0.15, 0.2) is 0 Å². The monoisotopic (exact) mass is 356 g/mol. The van der Waals surface area contributed by atoms with Gasteiger partial charge in [0.2, 0.25) is 5.91 Å². The van der Waals surface area contributed by atoms with Gasteiger partial charge < -0.3 is 15.4 Å². The molecule has 1 aliphatic rings. The maximum absolute atomic E-state index is 12.6. The minimum Gasteiger partial charge on any atom is -0.495 e. The van der Waals surface area contributed by atoms with Gasteiger partial charge in [0.05, 0.1) is 12.8 Å². The Balaban J connectivity index is 1.79. The van der Waals surface area contributed by atoms with Crippen LogP contribution < -0.4 is 20.9 Å². The lowest BCUT2D eigenvalue weighted by atomic mass is 10.3. The molecule has 2 N–H and O–H groups in total. The summed E-state index contributed by atoms with van der Waals surface area (Å²) in [4.78, 5) is 41.2. The summed E-state index contributed by atoms with van der Waals surface area (Å²) in [6.45, 7) is 1.36. The normalized spacial score (nSPS) is 13.2. The van der Waals surface area contributed by atoms with Crippen molar-refractivity contribution in [1.29, 1.82) is 0 Å². The van der Waals surface area contributed by atoms with E-state index >= 15 is 0 Å². The van der Waals surface area contributed by atoms with Gasteiger partial charge in [0, 0.05) is 12.2 Å². The number of anilines is 1. The van der Waals surface area contributed by atoms with E-state index < -0.39 is 17.4 Å². The maximum Gasteiger partial charge on any atom is 0.266 e. The van der Waals surface area contributed by atoms with Crippen molar-refractivity contribution in [3.05, 3.63) is 52.2 Å². The fourth-order valence-corrected chi connectivity index (χ4v) is 2.49. The number of rotatable bonds is 6. The van der Waals surface area contributed by atoms with Gasteiger partial charge in [-0.05, 0) is 31.9 Å². The van der Waals surface area contributed by atoms with Crippen LogP contribution in [0.5, 0.6) is 5.75 Å². The third kappa shape index (κ3) is 3.90. The molecule has 0 saturated heterocycles. The fourth-order valence-electron chi connectivity index (χ4n) is 2.49. The summed E-state index contributed by atoms with van der Waals surface area (Å²) < 4.78 is 6.38.